The highest BCUT2D eigenvalue weighted by molar-refractivity contribution is 8.77. The molecule has 2 aromatic heterocycles. The molecule has 1 saturated heterocycles. The molecule has 4 aromatic rings. The number of imidazole rings is 1. The zero-order chi connectivity index (χ0) is 49.3. The van der Waals surface area contributed by atoms with Crippen LogP contribution in [0.25, 0.3) is 11.2 Å². The van der Waals surface area contributed by atoms with E-state index in [9.17, 15) is 14.4 Å². The molecule has 5 atom stereocenters. The van der Waals surface area contributed by atoms with Gasteiger partial charge in [0, 0.05) is 43.7 Å². The number of ether oxygens (including phenoxy) is 3. The van der Waals surface area contributed by atoms with Gasteiger partial charge in [-0.1, -0.05) is 71.7 Å². The van der Waals surface area contributed by atoms with Gasteiger partial charge in [-0.05, 0) is 96.5 Å². The minimum Gasteiger partial charge on any atom is -0.484 e. The van der Waals surface area contributed by atoms with Crippen molar-refractivity contribution in [3.8, 4) is 18.1 Å². The number of aliphatic hydroxyl groups excluding tert-OH is 1. The summed E-state index contributed by atoms with van der Waals surface area (Å²) < 4.78 is 49.6. The second kappa shape index (κ2) is 25.8. The molecule has 0 radical (unpaired) electrons. The average Bonchev–Trinajstić information content (AvgIpc) is 3.87. The highest BCUT2D eigenvalue weighted by Gasteiger charge is 2.48. The molecule has 0 aliphatic carbocycles. The zero-order valence-electron chi connectivity index (χ0n) is 41.0. The predicted octanol–water partition coefficient (Wildman–Crippen LogP) is 7.84. The van der Waals surface area contributed by atoms with Gasteiger partial charge in [0.05, 0.1) is 25.6 Å². The smallest absolute Gasteiger partial charge is 0.280 e. The molecule has 19 heteroatoms. The van der Waals surface area contributed by atoms with Gasteiger partial charge in [0.25, 0.3) is 20.0 Å². The van der Waals surface area contributed by atoms with E-state index in [2.05, 4.69) is 109 Å². The number of hydrogen-bond donors (Lipinski definition) is 4. The van der Waals surface area contributed by atoms with Crippen molar-refractivity contribution < 1.29 is 39.3 Å². The lowest BCUT2D eigenvalue weighted by Gasteiger charge is -2.38. The number of nitrogens with one attached hydrogen (secondary N) is 3. The second-order valence-corrected chi connectivity index (χ2v) is 20.8. The molecular formula is C46H66N7O9PS2. The third-order valence-electron chi connectivity index (χ3n) is 10.1. The molecule has 2 unspecified atom stereocenters. The molecule has 0 spiro atoms. The summed E-state index contributed by atoms with van der Waals surface area (Å²) >= 11 is 0. The van der Waals surface area contributed by atoms with Gasteiger partial charge in [0.2, 0.25) is 13.3 Å². The fourth-order valence-corrected chi connectivity index (χ4v) is 11.2. The number of aromatic amines is 1. The highest BCUT2D eigenvalue weighted by Crippen LogP contribution is 2.51. The molecular weight excluding hydrogens is 890 g/mol. The standard InChI is InChI=1S/C45H62N7O8PS2.CH4O/c1-12-24-46-36(53)21-23-45(9,10)63-62-35-16-14-13-15-33(35)22-25-58-61(52(29(4)5)30(6)7)60-39-31(8)59-43(40(39)56-11)51-27-47-38-41(51)49-44(50-42(38)55)48-37(54)26-57-34-19-17-32(18-20-34)28(2)3;1-2/h1,13-20,27-31,39-40,43H,21-26H2,2-11H3,(H,46,53)(H2,48,49,50,54,55);2H,1H3/t31-,39?,40+,43-,61?;/m1./s1/i8D;2T. The zero-order valence-corrected chi connectivity index (χ0v) is 41.5. The van der Waals surface area contributed by atoms with Crippen molar-refractivity contribution >= 4 is 59.0 Å². The van der Waals surface area contributed by atoms with Crippen molar-refractivity contribution in [2.45, 2.75) is 134 Å². The van der Waals surface area contributed by atoms with Crippen LogP contribution in [0.4, 0.5) is 5.95 Å². The van der Waals surface area contributed by atoms with Gasteiger partial charge in [-0.3, -0.25) is 29.3 Å². The van der Waals surface area contributed by atoms with Crippen molar-refractivity contribution in [1.82, 2.24) is 29.5 Å². The Hall–Kier alpha value is -4.02. The van der Waals surface area contributed by atoms with E-state index in [0.29, 0.717) is 37.5 Å². The van der Waals surface area contributed by atoms with E-state index in [0.717, 1.165) is 16.0 Å². The fraction of sp³-hybridized carbons (Fsp3) is 0.543. The summed E-state index contributed by atoms with van der Waals surface area (Å²) in [4.78, 5) is 50.9. The van der Waals surface area contributed by atoms with E-state index < -0.39 is 44.5 Å². The fourth-order valence-electron chi connectivity index (χ4n) is 6.85. The Balaban J connectivity index is 0.00000318. The first kappa shape index (κ1) is 50.4. The largest absolute Gasteiger partial charge is 0.484 e. The maximum atomic E-state index is 13.2. The van der Waals surface area contributed by atoms with Crippen LogP contribution >= 0.6 is 30.1 Å². The second-order valence-electron chi connectivity index (χ2n) is 16.5. The quantitative estimate of drug-likeness (QED) is 0.0319. The van der Waals surface area contributed by atoms with Gasteiger partial charge >= 0.3 is 0 Å². The van der Waals surface area contributed by atoms with E-state index in [1.807, 2.05) is 24.3 Å². The van der Waals surface area contributed by atoms with E-state index in [1.165, 1.54) is 13.4 Å². The van der Waals surface area contributed by atoms with Crippen molar-refractivity contribution in [2.24, 2.45) is 0 Å². The summed E-state index contributed by atoms with van der Waals surface area (Å²) in [5.74, 6) is 2.66. The first-order valence-electron chi connectivity index (χ1n) is 22.6. The summed E-state index contributed by atoms with van der Waals surface area (Å²) in [6.45, 7) is 16.9. The molecule has 1 aliphatic rings. The monoisotopic (exact) mass is 958 g/mol. The lowest BCUT2D eigenvalue weighted by Crippen LogP contribution is -2.39. The number of rotatable bonds is 23. The van der Waals surface area contributed by atoms with Crippen molar-refractivity contribution in [1.29, 1.82) is 1.43 Å². The molecule has 1 aliphatic heterocycles. The third-order valence-corrected chi connectivity index (χ3v) is 15.7. The van der Waals surface area contributed by atoms with Crippen molar-refractivity contribution in [3.63, 3.8) is 0 Å². The lowest BCUT2D eigenvalue weighted by molar-refractivity contribution is -0.121. The van der Waals surface area contributed by atoms with E-state index in [4.69, 9.17) is 32.5 Å². The Bertz CT molecular complexity index is 2270. The Morgan fingerprint density at radius 2 is 1.85 bits per heavy atom. The molecule has 4 N–H and O–H groups in total. The Morgan fingerprint density at radius 3 is 2.49 bits per heavy atom. The van der Waals surface area contributed by atoms with Gasteiger partial charge < -0.3 is 33.7 Å². The van der Waals surface area contributed by atoms with Crippen molar-refractivity contribution in [3.05, 3.63) is 76.3 Å². The number of terminal acetylenes is 1. The van der Waals surface area contributed by atoms with Crippen LogP contribution in [0.3, 0.4) is 0 Å². The molecule has 2 amide bonds. The maximum absolute atomic E-state index is 13.2. The number of benzene rings is 2. The summed E-state index contributed by atoms with van der Waals surface area (Å²) in [6.07, 6.45) is 5.27. The SMILES string of the molecule is [2H]C[C@H]1O[C@@H](n2cnc3c(=O)[nH]c(NC(=O)COc4ccc(C(C)C)cc4)nc32)[C@@H](OC)C1OP(OCCc1ccccc1SSC(C)(C)CCC(=O)NCC#C)N(C(C)C)C(C)C.[3H]OC. The Morgan fingerprint density at radius 1 is 1.14 bits per heavy atom. The van der Waals surface area contributed by atoms with E-state index >= 15 is 0 Å². The molecule has 65 heavy (non-hydrogen) atoms. The normalized spacial score (nSPS) is 18.3. The molecule has 16 nitrogen and oxygen atoms in total. The Labute approximate surface area is 395 Å². The molecule has 3 heterocycles. The Kier molecular flexibility index (Phi) is 20.0. The minimum absolute atomic E-state index is 0.0324. The number of carbonyl (C=O) groups excluding carboxylic acids is 2. The molecule has 0 bridgehead atoms. The first-order chi connectivity index (χ1) is 32.0. The number of hydrogen-bond acceptors (Lipinski definition) is 14. The van der Waals surface area contributed by atoms with Gasteiger partial charge in [-0.15, -0.1) is 6.42 Å². The van der Waals surface area contributed by atoms with Crippen molar-refractivity contribution in [2.75, 3.05) is 39.3 Å². The lowest BCUT2D eigenvalue weighted by atomic mass is 10.0. The van der Waals surface area contributed by atoms with Crippen LogP contribution in [0.2, 0.25) is 0 Å². The molecule has 5 rings (SSSR count). The predicted molar refractivity (Wildman–Crippen MR) is 260 cm³/mol. The van der Waals surface area contributed by atoms with Crippen LogP contribution in [0, 0.1) is 12.3 Å². The number of carbonyl (C=O) groups is 2. The van der Waals surface area contributed by atoms with Crippen LogP contribution in [-0.2, 0) is 34.5 Å². The van der Waals surface area contributed by atoms with Gasteiger partial charge in [0.1, 0.15) is 18.0 Å². The highest BCUT2D eigenvalue weighted by atomic mass is 33.1. The number of fused-ring (bicyclic) bond motifs is 1. The summed E-state index contributed by atoms with van der Waals surface area (Å²) in [5.41, 5.74) is 1.89. The maximum Gasteiger partial charge on any atom is 0.280 e. The van der Waals surface area contributed by atoms with Gasteiger partial charge in [0.15, 0.2) is 24.0 Å². The van der Waals surface area contributed by atoms with Gasteiger partial charge in [-0.25, -0.2) is 9.65 Å². The van der Waals surface area contributed by atoms with Crippen LogP contribution in [-0.4, -0.2) is 112 Å². The summed E-state index contributed by atoms with van der Waals surface area (Å²) in [5, 5.41) is 8.86. The topological polar surface area (TPSA) is 191 Å². The number of nitrogens with zero attached hydrogens (tertiary/aromatic N) is 4. The average molecular weight is 959 g/mol. The molecule has 0 saturated carbocycles. The molecule has 1 fully saturated rings. The number of aliphatic hydroxyl groups is 1. The van der Waals surface area contributed by atoms with Crippen LogP contribution < -0.4 is 20.9 Å². The molecule has 2 aromatic carbocycles. The minimum atomic E-state index is -1.71. The number of H-pyrrole nitrogens is 1. The van der Waals surface area contributed by atoms with Crippen LogP contribution in [0.1, 0.15) is 99.8 Å². The van der Waals surface area contributed by atoms with E-state index in [1.54, 1.807) is 45.4 Å². The van der Waals surface area contributed by atoms with Crippen LogP contribution in [0.5, 0.6) is 5.75 Å². The molecule has 356 valence electrons. The number of aromatic nitrogens is 4. The number of anilines is 1. The van der Waals surface area contributed by atoms with Crippen LogP contribution in [0.15, 0.2) is 64.5 Å². The van der Waals surface area contributed by atoms with Gasteiger partial charge in [-0.2, -0.15) is 4.98 Å². The number of amides is 2. The summed E-state index contributed by atoms with van der Waals surface area (Å²) in [6, 6.07) is 15.8. The first-order valence-corrected chi connectivity index (χ1v) is 24.7. The van der Waals surface area contributed by atoms with E-state index in [-0.39, 0.29) is 59.9 Å². The third kappa shape index (κ3) is 15.3. The number of methoxy groups -OCH3 is 1. The summed E-state index contributed by atoms with van der Waals surface area (Å²) in [7, 11) is 4.53.